The van der Waals surface area contributed by atoms with Gasteiger partial charge in [0.2, 0.25) is 5.91 Å². The Kier molecular flexibility index (Phi) is 3.60. The fourth-order valence-corrected chi connectivity index (χ4v) is 2.32. The predicted octanol–water partition coefficient (Wildman–Crippen LogP) is 1.14. The summed E-state index contributed by atoms with van der Waals surface area (Å²) in [4.78, 5) is 27.1. The van der Waals surface area contributed by atoms with Crippen LogP contribution < -0.4 is 5.32 Å². The molecule has 0 bridgehead atoms. The summed E-state index contributed by atoms with van der Waals surface area (Å²) in [6.45, 7) is 0. The first-order chi connectivity index (χ1) is 8.62. The average Bonchev–Trinajstić information content (AvgIpc) is 2.53. The van der Waals surface area contributed by atoms with Crippen LogP contribution in [0.5, 0.6) is 0 Å². The molecule has 18 heavy (non-hydrogen) atoms. The zero-order chi connectivity index (χ0) is 13.0. The normalized spacial score (nSPS) is 24.1. The number of pyridine rings is 1. The van der Waals surface area contributed by atoms with E-state index < -0.39 is 11.5 Å². The highest BCUT2D eigenvalue weighted by atomic mass is 16.4. The molecule has 1 aromatic heterocycles. The topological polar surface area (TPSA) is 79.3 Å². The second-order valence-corrected chi connectivity index (χ2v) is 4.68. The van der Waals surface area contributed by atoms with Crippen LogP contribution in [0.2, 0.25) is 0 Å². The number of aliphatic carboxylic acids is 1. The Morgan fingerprint density at radius 2 is 2.33 bits per heavy atom. The first-order valence-corrected chi connectivity index (χ1v) is 6.06. The number of carboxylic acids is 1. The molecule has 2 N–H and O–H groups in total. The van der Waals surface area contributed by atoms with Crippen LogP contribution in [0.1, 0.15) is 31.2 Å². The van der Waals surface area contributed by atoms with Gasteiger partial charge < -0.3 is 10.4 Å². The largest absolute Gasteiger partial charge is 0.479 e. The van der Waals surface area contributed by atoms with Gasteiger partial charge >= 0.3 is 5.97 Å². The number of hydrogen-bond donors (Lipinski definition) is 2. The number of carbonyl (C=O) groups excluding carboxylic acids is 1. The van der Waals surface area contributed by atoms with E-state index in [1.807, 2.05) is 6.07 Å². The van der Waals surface area contributed by atoms with E-state index in [1.54, 1.807) is 18.5 Å². The maximum Gasteiger partial charge on any atom is 0.329 e. The van der Waals surface area contributed by atoms with Crippen molar-refractivity contribution < 1.29 is 14.7 Å². The molecule has 1 aliphatic rings. The molecule has 0 radical (unpaired) electrons. The number of carbonyl (C=O) groups is 2. The van der Waals surface area contributed by atoms with E-state index in [2.05, 4.69) is 10.3 Å². The van der Waals surface area contributed by atoms with Gasteiger partial charge in [-0.2, -0.15) is 0 Å². The lowest BCUT2D eigenvalue weighted by Crippen LogP contribution is -2.55. The van der Waals surface area contributed by atoms with Gasteiger partial charge in [-0.3, -0.25) is 9.78 Å². The van der Waals surface area contributed by atoms with E-state index in [0.29, 0.717) is 12.8 Å². The van der Waals surface area contributed by atoms with Crippen LogP contribution in [0.25, 0.3) is 0 Å². The molecule has 0 aliphatic carbocycles. The van der Waals surface area contributed by atoms with Gasteiger partial charge in [0.15, 0.2) is 0 Å². The first-order valence-electron chi connectivity index (χ1n) is 6.06. The standard InChI is InChI=1S/C13H16N2O3/c16-11-5-1-2-6-13(15-11,12(17)18)8-10-4-3-7-14-9-10/h3-4,7,9H,1-2,5-6,8H2,(H,15,16)(H,17,18)/t13-/m0/s1. The maximum atomic E-state index is 11.6. The SMILES string of the molecule is O=C1CCCC[C@](Cc2cccnc2)(C(=O)O)N1. The van der Waals surface area contributed by atoms with Gasteiger partial charge in [-0.15, -0.1) is 0 Å². The average molecular weight is 248 g/mol. The molecule has 1 aromatic rings. The molecule has 1 aliphatic heterocycles. The van der Waals surface area contributed by atoms with Crippen LogP contribution in [0, 0.1) is 0 Å². The summed E-state index contributed by atoms with van der Waals surface area (Å²) in [6.07, 6.45) is 5.91. The molecule has 1 amide bonds. The monoisotopic (exact) mass is 248 g/mol. The zero-order valence-corrected chi connectivity index (χ0v) is 10.1. The van der Waals surface area contributed by atoms with E-state index in [1.165, 1.54) is 0 Å². The lowest BCUT2D eigenvalue weighted by Gasteiger charge is -2.29. The lowest BCUT2D eigenvalue weighted by atomic mass is 9.87. The van der Waals surface area contributed by atoms with Crippen molar-refractivity contribution in [3.8, 4) is 0 Å². The second-order valence-electron chi connectivity index (χ2n) is 4.68. The van der Waals surface area contributed by atoms with Gasteiger partial charge in [0, 0.05) is 25.2 Å². The third-order valence-electron chi connectivity index (χ3n) is 3.27. The van der Waals surface area contributed by atoms with Crippen molar-refractivity contribution in [2.24, 2.45) is 0 Å². The van der Waals surface area contributed by atoms with E-state index in [9.17, 15) is 14.7 Å². The molecule has 1 fully saturated rings. The highest BCUT2D eigenvalue weighted by Crippen LogP contribution is 2.24. The zero-order valence-electron chi connectivity index (χ0n) is 10.1. The quantitative estimate of drug-likeness (QED) is 0.840. The Morgan fingerprint density at radius 3 is 3.00 bits per heavy atom. The van der Waals surface area contributed by atoms with Crippen molar-refractivity contribution in [2.75, 3.05) is 0 Å². The van der Waals surface area contributed by atoms with Gasteiger partial charge in [-0.25, -0.2) is 4.79 Å². The Labute approximate surface area is 105 Å². The number of carboxylic acid groups (broad SMARTS) is 1. The van der Waals surface area contributed by atoms with Gasteiger partial charge in [0.05, 0.1) is 0 Å². The summed E-state index contributed by atoms with van der Waals surface area (Å²) in [5.74, 6) is -1.15. The lowest BCUT2D eigenvalue weighted by molar-refractivity contribution is -0.147. The van der Waals surface area contributed by atoms with Crippen molar-refractivity contribution in [2.45, 2.75) is 37.6 Å². The van der Waals surface area contributed by atoms with Crippen LogP contribution in [0.4, 0.5) is 0 Å². The molecule has 1 saturated heterocycles. The van der Waals surface area contributed by atoms with Crippen LogP contribution in [-0.4, -0.2) is 27.5 Å². The highest BCUT2D eigenvalue weighted by Gasteiger charge is 2.40. The maximum absolute atomic E-state index is 11.6. The van der Waals surface area contributed by atoms with Gasteiger partial charge in [0.1, 0.15) is 5.54 Å². The van der Waals surface area contributed by atoms with Crippen molar-refractivity contribution in [1.82, 2.24) is 10.3 Å². The predicted molar refractivity (Wildman–Crippen MR) is 64.9 cm³/mol. The molecule has 2 heterocycles. The Bertz CT molecular complexity index is 447. The van der Waals surface area contributed by atoms with E-state index >= 15 is 0 Å². The minimum atomic E-state index is -1.18. The second kappa shape index (κ2) is 5.16. The number of hydrogen-bond acceptors (Lipinski definition) is 3. The number of amides is 1. The minimum absolute atomic E-state index is 0.182. The summed E-state index contributed by atoms with van der Waals surface area (Å²) in [5.41, 5.74) is -0.363. The smallest absolute Gasteiger partial charge is 0.329 e. The van der Waals surface area contributed by atoms with Crippen LogP contribution >= 0.6 is 0 Å². The highest BCUT2D eigenvalue weighted by molar-refractivity contribution is 5.87. The molecule has 0 unspecified atom stereocenters. The van der Waals surface area contributed by atoms with Crippen LogP contribution in [0.15, 0.2) is 24.5 Å². The summed E-state index contributed by atoms with van der Waals surface area (Å²) >= 11 is 0. The van der Waals surface area contributed by atoms with Gasteiger partial charge in [0.25, 0.3) is 0 Å². The molecule has 96 valence electrons. The third-order valence-corrected chi connectivity index (χ3v) is 3.27. The Morgan fingerprint density at radius 1 is 1.50 bits per heavy atom. The Hall–Kier alpha value is -1.91. The van der Waals surface area contributed by atoms with Crippen molar-refractivity contribution >= 4 is 11.9 Å². The number of nitrogens with one attached hydrogen (secondary N) is 1. The molecule has 0 saturated carbocycles. The van der Waals surface area contributed by atoms with E-state index in [4.69, 9.17) is 0 Å². The van der Waals surface area contributed by atoms with Crippen molar-refractivity contribution in [3.63, 3.8) is 0 Å². The number of nitrogens with zero attached hydrogens (tertiary/aromatic N) is 1. The first kappa shape index (κ1) is 12.5. The molecule has 0 spiro atoms. The van der Waals surface area contributed by atoms with E-state index in [0.717, 1.165) is 18.4 Å². The summed E-state index contributed by atoms with van der Waals surface area (Å²) in [6, 6.07) is 3.60. The van der Waals surface area contributed by atoms with Crippen LogP contribution in [0.3, 0.4) is 0 Å². The fourth-order valence-electron chi connectivity index (χ4n) is 2.32. The van der Waals surface area contributed by atoms with Crippen molar-refractivity contribution in [3.05, 3.63) is 30.1 Å². The molecule has 1 atom stereocenters. The summed E-state index contributed by atoms with van der Waals surface area (Å²) in [7, 11) is 0. The van der Waals surface area contributed by atoms with Crippen molar-refractivity contribution in [1.29, 1.82) is 0 Å². The Balaban J connectivity index is 2.26. The molecule has 2 rings (SSSR count). The van der Waals surface area contributed by atoms with E-state index in [-0.39, 0.29) is 12.3 Å². The summed E-state index contributed by atoms with van der Waals surface area (Å²) < 4.78 is 0. The molecule has 0 aromatic carbocycles. The molecular formula is C13H16N2O3. The van der Waals surface area contributed by atoms with Gasteiger partial charge in [-0.05, 0) is 30.9 Å². The fraction of sp³-hybridized carbons (Fsp3) is 0.462. The molecule has 5 nitrogen and oxygen atoms in total. The van der Waals surface area contributed by atoms with Gasteiger partial charge in [-0.1, -0.05) is 6.07 Å². The van der Waals surface area contributed by atoms with Crippen LogP contribution in [-0.2, 0) is 16.0 Å². The summed E-state index contributed by atoms with van der Waals surface area (Å²) in [5, 5.41) is 12.1. The number of aromatic nitrogens is 1. The minimum Gasteiger partial charge on any atom is -0.479 e. The number of rotatable bonds is 3. The molecule has 5 heteroatoms. The third kappa shape index (κ3) is 2.67. The molecular weight excluding hydrogens is 232 g/mol.